The van der Waals surface area contributed by atoms with E-state index in [0.717, 1.165) is 68.4 Å². The molecule has 1 aromatic heterocycles. The zero-order chi connectivity index (χ0) is 20.8. The number of nitrogens with zero attached hydrogens (tertiary/aromatic N) is 1. The summed E-state index contributed by atoms with van der Waals surface area (Å²) in [6.45, 7) is 2.65. The van der Waals surface area contributed by atoms with Crippen molar-refractivity contribution in [3.63, 3.8) is 0 Å². The summed E-state index contributed by atoms with van der Waals surface area (Å²) in [5, 5.41) is 10.5. The van der Waals surface area contributed by atoms with Crippen LogP contribution in [-0.2, 0) is 4.74 Å². The topological polar surface area (TPSA) is 58.2 Å². The maximum Gasteiger partial charge on any atom is 0.149 e. The predicted molar refractivity (Wildman–Crippen MR) is 120 cm³/mol. The van der Waals surface area contributed by atoms with Crippen LogP contribution in [0.25, 0.3) is 11.1 Å². The maximum absolute atomic E-state index is 14.6. The summed E-state index contributed by atoms with van der Waals surface area (Å²) >= 11 is 0. The van der Waals surface area contributed by atoms with E-state index in [1.165, 1.54) is 19.0 Å². The van der Waals surface area contributed by atoms with Gasteiger partial charge >= 0.3 is 0 Å². The standard InChI is InChI=1S/C24H33FN4O/c1-30-12-11-26-19-7-9-20(10-8-19)29-24-14-22(23(25)16-28-24)18-3-2-4-21(13-18)27-15-17-5-6-17/h2-4,13-14,16-17,19-20,26-27H,5-12,15H2,1H3,(H,28,29)/t19-,20-. The molecule has 3 N–H and O–H groups in total. The number of benzene rings is 1. The second-order valence-electron chi connectivity index (χ2n) is 8.59. The van der Waals surface area contributed by atoms with Crippen molar-refractivity contribution in [3.05, 3.63) is 42.3 Å². The molecule has 30 heavy (non-hydrogen) atoms. The summed E-state index contributed by atoms with van der Waals surface area (Å²) in [4.78, 5) is 4.29. The SMILES string of the molecule is COCCN[C@H]1CC[C@H](Nc2cc(-c3cccc(NCC4CC4)c3)c(F)cn2)CC1. The Hall–Kier alpha value is -2.18. The molecule has 4 rings (SSSR count). The molecule has 0 unspecified atom stereocenters. The van der Waals surface area contributed by atoms with Crippen LogP contribution in [-0.4, -0.2) is 43.9 Å². The number of pyridine rings is 1. The zero-order valence-electron chi connectivity index (χ0n) is 17.8. The van der Waals surface area contributed by atoms with Gasteiger partial charge in [-0.1, -0.05) is 12.1 Å². The van der Waals surface area contributed by atoms with Crippen LogP contribution >= 0.6 is 0 Å². The molecule has 0 spiro atoms. The van der Waals surface area contributed by atoms with Crippen molar-refractivity contribution in [1.82, 2.24) is 10.3 Å². The van der Waals surface area contributed by atoms with Crippen LogP contribution in [0.2, 0.25) is 0 Å². The van der Waals surface area contributed by atoms with Crippen LogP contribution in [0.4, 0.5) is 15.9 Å². The summed E-state index contributed by atoms with van der Waals surface area (Å²) in [5.41, 5.74) is 2.52. The maximum atomic E-state index is 14.6. The first-order valence-electron chi connectivity index (χ1n) is 11.2. The van der Waals surface area contributed by atoms with Crippen molar-refractivity contribution in [2.24, 2.45) is 5.92 Å². The van der Waals surface area contributed by atoms with Crippen LogP contribution in [0, 0.1) is 11.7 Å². The first-order valence-corrected chi connectivity index (χ1v) is 11.2. The molecule has 0 saturated heterocycles. The molecule has 0 amide bonds. The van der Waals surface area contributed by atoms with E-state index in [1.54, 1.807) is 7.11 Å². The molecule has 1 heterocycles. The van der Waals surface area contributed by atoms with Gasteiger partial charge in [0.2, 0.25) is 0 Å². The van der Waals surface area contributed by atoms with E-state index < -0.39 is 0 Å². The molecule has 0 aliphatic heterocycles. The smallest absolute Gasteiger partial charge is 0.149 e. The molecular weight excluding hydrogens is 379 g/mol. The summed E-state index contributed by atoms with van der Waals surface area (Å²) in [6, 6.07) is 10.8. The molecule has 2 aliphatic rings. The van der Waals surface area contributed by atoms with Gasteiger partial charge in [0.25, 0.3) is 0 Å². The normalized spacial score (nSPS) is 21.4. The minimum absolute atomic E-state index is 0.286. The fraction of sp³-hybridized carbons (Fsp3) is 0.542. The van der Waals surface area contributed by atoms with E-state index in [2.05, 4.69) is 20.9 Å². The molecule has 162 valence electrons. The van der Waals surface area contributed by atoms with Gasteiger partial charge in [0.1, 0.15) is 11.6 Å². The molecule has 6 heteroatoms. The molecule has 2 fully saturated rings. The Morgan fingerprint density at radius 1 is 1.07 bits per heavy atom. The van der Waals surface area contributed by atoms with Gasteiger partial charge in [-0.3, -0.25) is 0 Å². The monoisotopic (exact) mass is 412 g/mol. The van der Waals surface area contributed by atoms with Crippen LogP contribution in [0.5, 0.6) is 0 Å². The highest BCUT2D eigenvalue weighted by molar-refractivity contribution is 5.70. The van der Waals surface area contributed by atoms with E-state index in [0.29, 0.717) is 17.6 Å². The largest absolute Gasteiger partial charge is 0.385 e. The highest BCUT2D eigenvalue weighted by atomic mass is 19.1. The number of aromatic nitrogens is 1. The van der Waals surface area contributed by atoms with E-state index in [9.17, 15) is 4.39 Å². The van der Waals surface area contributed by atoms with Crippen molar-refractivity contribution in [2.75, 3.05) is 37.4 Å². The fourth-order valence-corrected chi connectivity index (χ4v) is 4.14. The number of halogens is 1. The van der Waals surface area contributed by atoms with Crippen LogP contribution < -0.4 is 16.0 Å². The lowest BCUT2D eigenvalue weighted by Gasteiger charge is -2.30. The van der Waals surface area contributed by atoms with Crippen LogP contribution in [0.1, 0.15) is 38.5 Å². The van der Waals surface area contributed by atoms with E-state index in [4.69, 9.17) is 4.74 Å². The number of rotatable bonds is 10. The third kappa shape index (κ3) is 5.92. The first-order chi connectivity index (χ1) is 14.7. The highest BCUT2D eigenvalue weighted by Gasteiger charge is 2.22. The van der Waals surface area contributed by atoms with E-state index >= 15 is 0 Å². The Morgan fingerprint density at radius 3 is 2.63 bits per heavy atom. The second kappa shape index (κ2) is 10.2. The molecule has 2 aliphatic carbocycles. The summed E-state index contributed by atoms with van der Waals surface area (Å²) < 4.78 is 19.7. The number of hydrogen-bond donors (Lipinski definition) is 3. The van der Waals surface area contributed by atoms with Crippen LogP contribution in [0.3, 0.4) is 0 Å². The molecule has 1 aromatic carbocycles. The van der Waals surface area contributed by atoms with Crippen molar-refractivity contribution >= 4 is 11.5 Å². The predicted octanol–water partition coefficient (Wildman–Crippen LogP) is 4.67. The number of hydrogen-bond acceptors (Lipinski definition) is 5. The van der Waals surface area contributed by atoms with Gasteiger partial charge in [0.05, 0.1) is 12.8 Å². The Bertz CT molecular complexity index is 819. The van der Waals surface area contributed by atoms with Gasteiger partial charge in [-0.25, -0.2) is 9.37 Å². The summed E-state index contributed by atoms with van der Waals surface area (Å²) in [6.07, 6.45) is 8.38. The van der Waals surface area contributed by atoms with Crippen molar-refractivity contribution < 1.29 is 9.13 Å². The van der Waals surface area contributed by atoms with Gasteiger partial charge in [0.15, 0.2) is 0 Å². The van der Waals surface area contributed by atoms with Crippen molar-refractivity contribution in [1.29, 1.82) is 0 Å². The lowest BCUT2D eigenvalue weighted by atomic mass is 9.91. The Kier molecular flexibility index (Phi) is 7.18. The first kappa shape index (κ1) is 21.1. The lowest BCUT2D eigenvalue weighted by molar-refractivity contribution is 0.191. The second-order valence-corrected chi connectivity index (χ2v) is 8.59. The average molecular weight is 413 g/mol. The Morgan fingerprint density at radius 2 is 1.87 bits per heavy atom. The van der Waals surface area contributed by atoms with Gasteiger partial charge in [-0.15, -0.1) is 0 Å². The van der Waals surface area contributed by atoms with Gasteiger partial charge in [0, 0.05) is 43.5 Å². The summed E-state index contributed by atoms with van der Waals surface area (Å²) in [5.74, 6) is 1.26. The highest BCUT2D eigenvalue weighted by Crippen LogP contribution is 2.31. The summed E-state index contributed by atoms with van der Waals surface area (Å²) in [7, 11) is 1.73. The lowest BCUT2D eigenvalue weighted by Crippen LogP contribution is -2.38. The van der Waals surface area contributed by atoms with Gasteiger partial charge in [-0.2, -0.15) is 0 Å². The number of methoxy groups -OCH3 is 1. The van der Waals surface area contributed by atoms with Gasteiger partial charge < -0.3 is 20.7 Å². The Balaban J connectivity index is 1.36. The quantitative estimate of drug-likeness (QED) is 0.495. The average Bonchev–Trinajstić information content (AvgIpc) is 3.60. The third-order valence-electron chi connectivity index (χ3n) is 6.14. The molecule has 2 aromatic rings. The molecule has 0 atom stereocenters. The molecule has 5 nitrogen and oxygen atoms in total. The Labute approximate surface area is 178 Å². The minimum Gasteiger partial charge on any atom is -0.385 e. The van der Waals surface area contributed by atoms with Crippen molar-refractivity contribution in [3.8, 4) is 11.1 Å². The number of anilines is 2. The van der Waals surface area contributed by atoms with E-state index in [-0.39, 0.29) is 5.82 Å². The number of nitrogens with one attached hydrogen (secondary N) is 3. The molecule has 0 radical (unpaired) electrons. The van der Waals surface area contributed by atoms with E-state index in [1.807, 2.05) is 30.3 Å². The van der Waals surface area contributed by atoms with Gasteiger partial charge in [-0.05, 0) is 68.2 Å². The minimum atomic E-state index is -0.286. The molecule has 2 saturated carbocycles. The third-order valence-corrected chi connectivity index (χ3v) is 6.14. The molecular formula is C24H33FN4O. The molecule has 0 bridgehead atoms. The fourth-order valence-electron chi connectivity index (χ4n) is 4.14. The number of ether oxygens (including phenoxy) is 1. The van der Waals surface area contributed by atoms with Crippen LogP contribution in [0.15, 0.2) is 36.5 Å². The van der Waals surface area contributed by atoms with Crippen molar-refractivity contribution in [2.45, 2.75) is 50.6 Å². The zero-order valence-corrected chi connectivity index (χ0v) is 17.8.